The number of hydrogen-bond acceptors (Lipinski definition) is 3. The van der Waals surface area contributed by atoms with Gasteiger partial charge in [0.1, 0.15) is 0 Å². The number of carbonyl (C=O) groups is 1. The van der Waals surface area contributed by atoms with E-state index >= 15 is 0 Å². The number of amides is 1. The fourth-order valence-electron chi connectivity index (χ4n) is 1.66. The molecule has 20 heavy (non-hydrogen) atoms. The van der Waals surface area contributed by atoms with Gasteiger partial charge in [-0.15, -0.1) is 0 Å². The van der Waals surface area contributed by atoms with Gasteiger partial charge < -0.3 is 10.4 Å². The predicted molar refractivity (Wildman–Crippen MR) is 85.0 cm³/mol. The van der Waals surface area contributed by atoms with Crippen molar-refractivity contribution in [3.05, 3.63) is 35.4 Å². The maximum absolute atomic E-state index is 12.1. The first kappa shape index (κ1) is 16.6. The average Bonchev–Trinajstić information content (AvgIpc) is 2.47. The van der Waals surface area contributed by atoms with Crippen molar-refractivity contribution in [1.82, 2.24) is 5.32 Å². The van der Waals surface area contributed by atoms with E-state index in [1.54, 1.807) is 23.9 Å². The minimum Gasteiger partial charge on any atom is -0.395 e. The Hall–Kier alpha value is -1.44. The lowest BCUT2D eigenvalue weighted by molar-refractivity contribution is 0.0940. The van der Waals surface area contributed by atoms with Crippen LogP contribution in [0.5, 0.6) is 0 Å². The molecule has 3 nitrogen and oxygen atoms in total. The lowest BCUT2D eigenvalue weighted by Crippen LogP contribution is -2.36. The van der Waals surface area contributed by atoms with Crippen LogP contribution in [0.15, 0.2) is 24.3 Å². The monoisotopic (exact) mass is 291 g/mol. The van der Waals surface area contributed by atoms with Gasteiger partial charge in [0.2, 0.25) is 0 Å². The molecule has 0 spiro atoms. The van der Waals surface area contributed by atoms with Crippen LogP contribution in [0.4, 0.5) is 0 Å². The van der Waals surface area contributed by atoms with Crippen LogP contribution in [0.3, 0.4) is 0 Å². The summed E-state index contributed by atoms with van der Waals surface area (Å²) in [5.41, 5.74) is 1.50. The van der Waals surface area contributed by atoms with Crippen LogP contribution in [0.25, 0.3) is 0 Å². The molecule has 0 saturated carbocycles. The van der Waals surface area contributed by atoms with Gasteiger partial charge in [-0.3, -0.25) is 4.79 Å². The second-order valence-corrected chi connectivity index (χ2v) is 5.30. The molecule has 0 saturated heterocycles. The Morgan fingerprint density at radius 1 is 1.40 bits per heavy atom. The smallest absolute Gasteiger partial charge is 0.251 e. The SMILES string of the molecule is CCC(CSC)NC(=O)c1ccc(C#CCCO)cc1. The molecule has 0 heterocycles. The molecule has 1 unspecified atom stereocenters. The third-order valence-electron chi connectivity index (χ3n) is 2.81. The summed E-state index contributed by atoms with van der Waals surface area (Å²) in [7, 11) is 0. The van der Waals surface area contributed by atoms with Crippen molar-refractivity contribution in [1.29, 1.82) is 0 Å². The van der Waals surface area contributed by atoms with Gasteiger partial charge in [0, 0.05) is 29.3 Å². The van der Waals surface area contributed by atoms with Crippen LogP contribution >= 0.6 is 11.8 Å². The number of benzene rings is 1. The Labute approximate surface area is 125 Å². The molecular formula is C16H21NO2S. The van der Waals surface area contributed by atoms with E-state index in [2.05, 4.69) is 24.1 Å². The molecule has 0 aliphatic heterocycles. The molecule has 0 aliphatic carbocycles. The van der Waals surface area contributed by atoms with E-state index in [1.165, 1.54) is 0 Å². The summed E-state index contributed by atoms with van der Waals surface area (Å²) in [4.78, 5) is 12.1. The molecule has 2 N–H and O–H groups in total. The standard InChI is InChI=1S/C16H21NO2S/c1-3-15(12-20-2)17-16(19)14-9-7-13(8-10-14)6-4-5-11-18/h7-10,15,18H,3,5,11-12H2,1-2H3,(H,17,19). The van der Waals surface area contributed by atoms with E-state index in [1.807, 2.05) is 18.4 Å². The second-order valence-electron chi connectivity index (χ2n) is 4.39. The van der Waals surface area contributed by atoms with E-state index < -0.39 is 0 Å². The summed E-state index contributed by atoms with van der Waals surface area (Å²) in [6.07, 6.45) is 3.43. The number of hydrogen-bond donors (Lipinski definition) is 2. The normalized spacial score (nSPS) is 11.3. The number of aliphatic hydroxyl groups excluding tert-OH is 1. The van der Waals surface area contributed by atoms with Crippen molar-refractivity contribution < 1.29 is 9.90 Å². The van der Waals surface area contributed by atoms with Gasteiger partial charge in [0.25, 0.3) is 5.91 Å². The van der Waals surface area contributed by atoms with Crippen molar-refractivity contribution in [2.45, 2.75) is 25.8 Å². The zero-order valence-electron chi connectivity index (χ0n) is 12.0. The quantitative estimate of drug-likeness (QED) is 0.791. The fraction of sp³-hybridized carbons (Fsp3) is 0.438. The molecule has 4 heteroatoms. The first-order valence-electron chi connectivity index (χ1n) is 6.70. The van der Waals surface area contributed by atoms with Crippen LogP contribution in [-0.2, 0) is 0 Å². The predicted octanol–water partition coefficient (Wildman–Crippen LogP) is 2.29. The number of rotatable bonds is 6. The lowest BCUT2D eigenvalue weighted by atomic mass is 10.1. The van der Waals surface area contributed by atoms with E-state index in [-0.39, 0.29) is 18.6 Å². The highest BCUT2D eigenvalue weighted by Crippen LogP contribution is 2.06. The summed E-state index contributed by atoms with van der Waals surface area (Å²) < 4.78 is 0. The third kappa shape index (κ3) is 5.68. The minimum atomic E-state index is -0.0410. The molecule has 1 rings (SSSR count). The van der Waals surface area contributed by atoms with Crippen molar-refractivity contribution in [2.24, 2.45) is 0 Å². The zero-order chi connectivity index (χ0) is 14.8. The summed E-state index contributed by atoms with van der Waals surface area (Å²) in [5, 5.41) is 11.7. The van der Waals surface area contributed by atoms with Crippen molar-refractivity contribution in [3.8, 4) is 11.8 Å². The van der Waals surface area contributed by atoms with Gasteiger partial charge >= 0.3 is 0 Å². The lowest BCUT2D eigenvalue weighted by Gasteiger charge is -2.15. The van der Waals surface area contributed by atoms with Crippen LogP contribution in [0.1, 0.15) is 35.7 Å². The van der Waals surface area contributed by atoms with Crippen LogP contribution in [0.2, 0.25) is 0 Å². The molecule has 0 fully saturated rings. The molecule has 0 bridgehead atoms. The molecular weight excluding hydrogens is 270 g/mol. The highest BCUT2D eigenvalue weighted by atomic mass is 32.2. The molecule has 0 aliphatic rings. The van der Waals surface area contributed by atoms with Gasteiger partial charge in [-0.05, 0) is 36.9 Å². The van der Waals surface area contributed by atoms with E-state index in [0.717, 1.165) is 17.7 Å². The summed E-state index contributed by atoms with van der Waals surface area (Å²) in [6, 6.07) is 7.43. The van der Waals surface area contributed by atoms with Crippen molar-refractivity contribution in [2.75, 3.05) is 18.6 Å². The Balaban J connectivity index is 2.64. The topological polar surface area (TPSA) is 49.3 Å². The maximum atomic E-state index is 12.1. The Morgan fingerprint density at radius 2 is 2.10 bits per heavy atom. The first-order chi connectivity index (χ1) is 9.71. The zero-order valence-corrected chi connectivity index (χ0v) is 12.8. The molecule has 0 radical (unpaired) electrons. The Bertz CT molecular complexity index is 473. The number of nitrogens with one attached hydrogen (secondary N) is 1. The van der Waals surface area contributed by atoms with Gasteiger partial charge in [-0.1, -0.05) is 18.8 Å². The van der Waals surface area contributed by atoms with Crippen molar-refractivity contribution >= 4 is 17.7 Å². The minimum absolute atomic E-state index is 0.0410. The molecule has 1 aromatic carbocycles. The van der Waals surface area contributed by atoms with Crippen molar-refractivity contribution in [3.63, 3.8) is 0 Å². The van der Waals surface area contributed by atoms with Crippen LogP contribution < -0.4 is 5.32 Å². The number of carbonyl (C=O) groups excluding carboxylic acids is 1. The van der Waals surface area contributed by atoms with Gasteiger partial charge in [0.15, 0.2) is 0 Å². The molecule has 1 amide bonds. The summed E-state index contributed by atoms with van der Waals surface area (Å²) >= 11 is 1.73. The Morgan fingerprint density at radius 3 is 2.65 bits per heavy atom. The van der Waals surface area contributed by atoms with Crippen LogP contribution in [0, 0.1) is 11.8 Å². The first-order valence-corrected chi connectivity index (χ1v) is 8.10. The molecule has 1 aromatic rings. The Kier molecular flexibility index (Phi) is 7.86. The maximum Gasteiger partial charge on any atom is 0.251 e. The highest BCUT2D eigenvalue weighted by molar-refractivity contribution is 7.98. The van der Waals surface area contributed by atoms with Crippen LogP contribution in [-0.4, -0.2) is 35.7 Å². The van der Waals surface area contributed by atoms with Gasteiger partial charge in [-0.2, -0.15) is 11.8 Å². The number of aliphatic hydroxyl groups is 1. The summed E-state index contributed by atoms with van der Waals surface area (Å²) in [5.74, 6) is 6.68. The highest BCUT2D eigenvalue weighted by Gasteiger charge is 2.11. The largest absolute Gasteiger partial charge is 0.395 e. The van der Waals surface area contributed by atoms with Gasteiger partial charge in [-0.25, -0.2) is 0 Å². The third-order valence-corrected chi connectivity index (χ3v) is 3.55. The second kappa shape index (κ2) is 9.46. The molecule has 1 atom stereocenters. The fourth-order valence-corrected chi connectivity index (χ4v) is 2.38. The van der Waals surface area contributed by atoms with E-state index in [0.29, 0.717) is 12.0 Å². The van der Waals surface area contributed by atoms with E-state index in [9.17, 15) is 4.79 Å². The molecule has 0 aromatic heterocycles. The molecule has 108 valence electrons. The van der Waals surface area contributed by atoms with E-state index in [4.69, 9.17) is 5.11 Å². The summed E-state index contributed by atoms with van der Waals surface area (Å²) in [6.45, 7) is 2.14. The average molecular weight is 291 g/mol. The number of thioether (sulfide) groups is 1. The van der Waals surface area contributed by atoms with Gasteiger partial charge in [0.05, 0.1) is 6.61 Å².